The summed E-state index contributed by atoms with van der Waals surface area (Å²) < 4.78 is 0. The van der Waals surface area contributed by atoms with Crippen LogP contribution in [0.25, 0.3) is 11.4 Å². The van der Waals surface area contributed by atoms with E-state index in [0.717, 1.165) is 11.1 Å². The van der Waals surface area contributed by atoms with Crippen molar-refractivity contribution in [3.05, 3.63) is 32.2 Å². The Balaban J connectivity index is 2.61. The summed E-state index contributed by atoms with van der Waals surface area (Å²) in [5, 5.41) is 3.97. The van der Waals surface area contributed by atoms with Crippen LogP contribution in [0.3, 0.4) is 0 Å². The second-order valence-electron chi connectivity index (χ2n) is 3.60. The van der Waals surface area contributed by atoms with E-state index in [1.807, 2.05) is 24.6 Å². The summed E-state index contributed by atoms with van der Waals surface area (Å²) in [7, 11) is 0. The molecule has 4 nitrogen and oxygen atoms in total. The quantitative estimate of drug-likeness (QED) is 0.835. The smallest absolute Gasteiger partial charge is 0.256 e. The van der Waals surface area contributed by atoms with Gasteiger partial charge in [-0.05, 0) is 24.3 Å². The molecule has 2 heterocycles. The molecule has 0 amide bonds. The summed E-state index contributed by atoms with van der Waals surface area (Å²) in [4.78, 5) is 18.7. The number of aromatic nitrogens is 2. The van der Waals surface area contributed by atoms with Crippen molar-refractivity contribution in [2.45, 2.75) is 20.3 Å². The van der Waals surface area contributed by atoms with Crippen molar-refractivity contribution in [2.24, 2.45) is 0 Å². The van der Waals surface area contributed by atoms with Crippen LogP contribution in [0, 0.1) is 6.92 Å². The Morgan fingerprint density at radius 1 is 1.50 bits per heavy atom. The normalized spacial score (nSPS) is 10.6. The fraction of sp³-hybridized carbons (Fsp3) is 0.273. The summed E-state index contributed by atoms with van der Waals surface area (Å²) in [5.41, 5.74) is 8.21. The van der Waals surface area contributed by atoms with Crippen LogP contribution >= 0.6 is 11.3 Å². The number of nitrogen functional groups attached to an aromatic ring is 1. The Morgan fingerprint density at radius 2 is 2.25 bits per heavy atom. The number of hydrogen-bond donors (Lipinski definition) is 2. The van der Waals surface area contributed by atoms with Gasteiger partial charge in [0.15, 0.2) is 0 Å². The molecule has 0 saturated heterocycles. The van der Waals surface area contributed by atoms with Crippen molar-refractivity contribution < 1.29 is 0 Å². The molecule has 2 aromatic rings. The Bertz CT molecular complexity index is 571. The standard InChI is InChI=1S/C11H13N3OS/c1-3-7-9(12)13-10(14-11(7)15)8-5-16-4-6(8)2/h4-5H,3H2,1-2H3,(H3,12,13,14,15). The van der Waals surface area contributed by atoms with Crippen LogP contribution < -0.4 is 11.3 Å². The van der Waals surface area contributed by atoms with E-state index >= 15 is 0 Å². The minimum Gasteiger partial charge on any atom is -0.383 e. The molecule has 2 rings (SSSR count). The number of aryl methyl sites for hydroxylation is 1. The van der Waals surface area contributed by atoms with E-state index in [4.69, 9.17) is 5.73 Å². The van der Waals surface area contributed by atoms with E-state index < -0.39 is 0 Å². The van der Waals surface area contributed by atoms with Gasteiger partial charge in [-0.2, -0.15) is 11.3 Å². The lowest BCUT2D eigenvalue weighted by atomic mass is 10.2. The first-order valence-corrected chi connectivity index (χ1v) is 5.99. The van der Waals surface area contributed by atoms with E-state index in [1.54, 1.807) is 11.3 Å². The molecule has 5 heteroatoms. The fourth-order valence-electron chi connectivity index (χ4n) is 1.59. The molecule has 0 saturated carbocycles. The van der Waals surface area contributed by atoms with E-state index in [-0.39, 0.29) is 5.56 Å². The maximum Gasteiger partial charge on any atom is 0.256 e. The highest BCUT2D eigenvalue weighted by Crippen LogP contribution is 2.23. The molecule has 0 unspecified atom stereocenters. The molecule has 0 aliphatic carbocycles. The highest BCUT2D eigenvalue weighted by atomic mass is 32.1. The number of nitrogens with one attached hydrogen (secondary N) is 1. The van der Waals surface area contributed by atoms with Crippen molar-refractivity contribution >= 4 is 17.2 Å². The van der Waals surface area contributed by atoms with Gasteiger partial charge in [0.2, 0.25) is 0 Å². The summed E-state index contributed by atoms with van der Waals surface area (Å²) in [6.45, 7) is 3.87. The number of aromatic amines is 1. The van der Waals surface area contributed by atoms with Gasteiger partial charge in [-0.15, -0.1) is 0 Å². The van der Waals surface area contributed by atoms with Gasteiger partial charge in [0.1, 0.15) is 11.6 Å². The first-order valence-electron chi connectivity index (χ1n) is 5.05. The molecule has 0 atom stereocenters. The minimum atomic E-state index is -0.143. The number of rotatable bonds is 2. The lowest BCUT2D eigenvalue weighted by molar-refractivity contribution is 1.02. The number of hydrogen-bond acceptors (Lipinski definition) is 4. The maximum atomic E-state index is 11.7. The summed E-state index contributed by atoms with van der Waals surface area (Å²) in [6, 6.07) is 0. The Labute approximate surface area is 97.2 Å². The van der Waals surface area contributed by atoms with Crippen LogP contribution in [0.2, 0.25) is 0 Å². The van der Waals surface area contributed by atoms with E-state index in [1.165, 1.54) is 0 Å². The van der Waals surface area contributed by atoms with Crippen molar-refractivity contribution in [3.63, 3.8) is 0 Å². The maximum absolute atomic E-state index is 11.7. The molecular weight excluding hydrogens is 222 g/mol. The highest BCUT2D eigenvalue weighted by Gasteiger charge is 2.10. The summed E-state index contributed by atoms with van der Waals surface area (Å²) >= 11 is 1.58. The lowest BCUT2D eigenvalue weighted by Crippen LogP contribution is -2.17. The van der Waals surface area contributed by atoms with Gasteiger partial charge < -0.3 is 10.7 Å². The number of nitrogens with zero attached hydrogens (tertiary/aromatic N) is 1. The van der Waals surface area contributed by atoms with Gasteiger partial charge in [0.05, 0.1) is 5.56 Å². The molecule has 84 valence electrons. The number of thiophene rings is 1. The molecule has 16 heavy (non-hydrogen) atoms. The van der Waals surface area contributed by atoms with Crippen molar-refractivity contribution in [1.82, 2.24) is 9.97 Å². The van der Waals surface area contributed by atoms with Gasteiger partial charge >= 0.3 is 0 Å². The van der Waals surface area contributed by atoms with Crippen molar-refractivity contribution in [2.75, 3.05) is 5.73 Å². The van der Waals surface area contributed by atoms with Gasteiger partial charge in [-0.3, -0.25) is 4.79 Å². The van der Waals surface area contributed by atoms with E-state index in [9.17, 15) is 4.79 Å². The Morgan fingerprint density at radius 3 is 2.75 bits per heavy atom. The predicted octanol–water partition coefficient (Wildman–Crippen LogP) is 1.95. The van der Waals surface area contributed by atoms with Crippen LogP contribution in [-0.2, 0) is 6.42 Å². The third kappa shape index (κ3) is 1.74. The Hall–Kier alpha value is -1.62. The first kappa shape index (κ1) is 10.9. The summed E-state index contributed by atoms with van der Waals surface area (Å²) in [6.07, 6.45) is 0.594. The highest BCUT2D eigenvalue weighted by molar-refractivity contribution is 7.08. The van der Waals surface area contributed by atoms with Crippen molar-refractivity contribution in [3.8, 4) is 11.4 Å². The van der Waals surface area contributed by atoms with Crippen LogP contribution in [0.1, 0.15) is 18.1 Å². The topological polar surface area (TPSA) is 71.8 Å². The largest absolute Gasteiger partial charge is 0.383 e. The fourth-order valence-corrected chi connectivity index (χ4v) is 2.42. The molecule has 0 radical (unpaired) electrons. The van der Waals surface area contributed by atoms with Crippen molar-refractivity contribution in [1.29, 1.82) is 0 Å². The Kier molecular flexibility index (Phi) is 2.78. The molecule has 0 fully saturated rings. The molecule has 0 spiro atoms. The molecule has 0 bridgehead atoms. The molecule has 0 aliphatic heterocycles. The van der Waals surface area contributed by atoms with Gasteiger partial charge in [0, 0.05) is 10.9 Å². The molecule has 0 aromatic carbocycles. The summed E-state index contributed by atoms with van der Waals surface area (Å²) in [5.74, 6) is 0.880. The van der Waals surface area contributed by atoms with Gasteiger partial charge in [-0.25, -0.2) is 4.98 Å². The molecule has 2 aromatic heterocycles. The molecular formula is C11H13N3OS. The predicted molar refractivity (Wildman–Crippen MR) is 66.7 cm³/mol. The monoisotopic (exact) mass is 235 g/mol. The zero-order valence-electron chi connectivity index (χ0n) is 9.20. The van der Waals surface area contributed by atoms with Gasteiger partial charge in [0.25, 0.3) is 5.56 Å². The third-order valence-electron chi connectivity index (χ3n) is 2.51. The first-order chi connectivity index (χ1) is 7.63. The number of anilines is 1. The lowest BCUT2D eigenvalue weighted by Gasteiger charge is -2.04. The number of nitrogens with two attached hydrogens (primary N) is 1. The molecule has 3 N–H and O–H groups in total. The average Bonchev–Trinajstić information content (AvgIpc) is 2.64. The third-order valence-corrected chi connectivity index (χ3v) is 3.37. The van der Waals surface area contributed by atoms with E-state index in [2.05, 4.69) is 9.97 Å². The zero-order chi connectivity index (χ0) is 11.7. The van der Waals surface area contributed by atoms with Crippen LogP contribution in [-0.4, -0.2) is 9.97 Å². The second kappa shape index (κ2) is 4.09. The molecule has 0 aliphatic rings. The van der Waals surface area contributed by atoms with Gasteiger partial charge in [-0.1, -0.05) is 6.92 Å². The average molecular weight is 235 g/mol. The van der Waals surface area contributed by atoms with Crippen LogP contribution in [0.15, 0.2) is 15.6 Å². The minimum absolute atomic E-state index is 0.143. The van der Waals surface area contributed by atoms with Crippen LogP contribution in [0.4, 0.5) is 5.82 Å². The SMILES string of the molecule is CCc1c(N)nc(-c2cscc2C)[nH]c1=O. The second-order valence-corrected chi connectivity index (χ2v) is 4.34. The zero-order valence-corrected chi connectivity index (χ0v) is 10.0. The van der Waals surface area contributed by atoms with E-state index in [0.29, 0.717) is 23.6 Å². The van der Waals surface area contributed by atoms with Crippen LogP contribution in [0.5, 0.6) is 0 Å². The number of H-pyrrole nitrogens is 1.